The lowest BCUT2D eigenvalue weighted by Gasteiger charge is -2.61. The molecular weight excluding hydrogens is 507 g/mol. The van der Waals surface area contributed by atoms with Crippen LogP contribution in [0.5, 0.6) is 0 Å². The van der Waals surface area contributed by atoms with Gasteiger partial charge in [0.1, 0.15) is 0 Å². The maximum Gasteiger partial charge on any atom is 0.305 e. The normalized spacial score (nSPS) is 41.2. The van der Waals surface area contributed by atoms with Gasteiger partial charge in [0.15, 0.2) is 8.32 Å². The van der Waals surface area contributed by atoms with E-state index < -0.39 is 16.6 Å². The second-order valence-corrected chi connectivity index (χ2v) is 24.7. The van der Waals surface area contributed by atoms with Gasteiger partial charge in [0.25, 0.3) is 8.32 Å². The van der Waals surface area contributed by atoms with Crippen molar-refractivity contribution in [1.29, 1.82) is 0 Å². The molecule has 218 valence electrons. The Labute approximate surface area is 235 Å². The molecule has 0 radical (unpaired) electrons. The van der Waals surface area contributed by atoms with Crippen molar-refractivity contribution in [3.8, 4) is 0 Å². The van der Waals surface area contributed by atoms with Gasteiger partial charge in [-0.05, 0) is 137 Å². The number of ether oxygens (including phenoxy) is 1. The summed E-state index contributed by atoms with van der Waals surface area (Å²) < 4.78 is 18.0. The van der Waals surface area contributed by atoms with Crippen molar-refractivity contribution < 1.29 is 18.5 Å². The monoisotopic (exact) mass is 563 g/mol. The average Bonchev–Trinajstić information content (AvgIpc) is 3.17. The third kappa shape index (κ3) is 6.14. The first-order valence-electron chi connectivity index (χ1n) is 15.6. The number of nitrogens with zero attached hydrogens (tertiary/aromatic N) is 1. The fourth-order valence-electron chi connectivity index (χ4n) is 9.44. The van der Waals surface area contributed by atoms with Gasteiger partial charge in [0.2, 0.25) is 0 Å². The first-order chi connectivity index (χ1) is 17.6. The molecule has 9 atom stereocenters. The number of carbonyl (C=O) groups excluding carboxylic acids is 1. The SMILES string of the molecule is COC(=O)CCC(C)C1CCC2C3C(=NO[Si](C)(C)C)C[C@@H]4C[C@H](O[Si](C)(C)C)CCC4(C)C3CCC12C. The van der Waals surface area contributed by atoms with E-state index in [0.717, 1.165) is 12.8 Å². The van der Waals surface area contributed by atoms with Crippen molar-refractivity contribution in [1.82, 2.24) is 0 Å². The van der Waals surface area contributed by atoms with Crippen LogP contribution in [0, 0.1) is 46.3 Å². The van der Waals surface area contributed by atoms with E-state index in [1.807, 2.05) is 0 Å². The van der Waals surface area contributed by atoms with Crippen LogP contribution in [0.4, 0.5) is 0 Å². The zero-order valence-corrected chi connectivity index (χ0v) is 28.2. The zero-order chi connectivity index (χ0) is 28.1. The molecule has 4 saturated carbocycles. The highest BCUT2D eigenvalue weighted by Gasteiger charge is 2.62. The lowest BCUT2D eigenvalue weighted by molar-refractivity contribution is -0.141. The molecule has 0 bridgehead atoms. The Balaban J connectivity index is 1.61. The number of hydrogen-bond acceptors (Lipinski definition) is 5. The summed E-state index contributed by atoms with van der Waals surface area (Å²) >= 11 is 0. The number of hydrogen-bond donors (Lipinski definition) is 0. The van der Waals surface area contributed by atoms with Crippen LogP contribution in [0.3, 0.4) is 0 Å². The average molecular weight is 564 g/mol. The highest BCUT2D eigenvalue weighted by Crippen LogP contribution is 2.68. The number of carbonyl (C=O) groups is 1. The number of fused-ring (bicyclic) bond motifs is 5. The summed E-state index contributed by atoms with van der Waals surface area (Å²) in [5.74, 6) is 3.69. The molecule has 7 heteroatoms. The lowest BCUT2D eigenvalue weighted by Crippen LogP contribution is -2.58. The van der Waals surface area contributed by atoms with Crippen LogP contribution in [0.2, 0.25) is 39.3 Å². The van der Waals surface area contributed by atoms with Gasteiger partial charge in [0.05, 0.1) is 12.8 Å². The summed E-state index contributed by atoms with van der Waals surface area (Å²) in [6.07, 6.45) is 11.8. The van der Waals surface area contributed by atoms with E-state index in [1.165, 1.54) is 57.8 Å². The molecule has 0 aromatic carbocycles. The molecule has 0 saturated heterocycles. The molecule has 0 N–H and O–H groups in total. The first kappa shape index (κ1) is 30.3. The van der Waals surface area contributed by atoms with Gasteiger partial charge in [-0.3, -0.25) is 4.79 Å². The van der Waals surface area contributed by atoms with Crippen LogP contribution in [-0.2, 0) is 18.5 Å². The van der Waals surface area contributed by atoms with Crippen molar-refractivity contribution in [3.63, 3.8) is 0 Å². The summed E-state index contributed by atoms with van der Waals surface area (Å²) in [5, 5.41) is 5.08. The first-order valence-corrected chi connectivity index (χ1v) is 22.4. The summed E-state index contributed by atoms with van der Waals surface area (Å²) in [4.78, 5) is 11.9. The molecule has 4 rings (SSSR count). The summed E-state index contributed by atoms with van der Waals surface area (Å²) in [6, 6.07) is 0. The Kier molecular flexibility index (Phi) is 8.74. The predicted molar refractivity (Wildman–Crippen MR) is 161 cm³/mol. The minimum absolute atomic E-state index is 0.0712. The highest BCUT2D eigenvalue weighted by atomic mass is 28.4. The Morgan fingerprint density at radius 1 is 0.974 bits per heavy atom. The van der Waals surface area contributed by atoms with Crippen molar-refractivity contribution in [2.24, 2.45) is 51.5 Å². The van der Waals surface area contributed by atoms with Gasteiger partial charge < -0.3 is 13.7 Å². The molecule has 0 amide bonds. The second-order valence-electron chi connectivity index (χ2n) is 15.9. The van der Waals surface area contributed by atoms with Gasteiger partial charge in [-0.25, -0.2) is 0 Å². The molecule has 38 heavy (non-hydrogen) atoms. The Morgan fingerprint density at radius 3 is 2.26 bits per heavy atom. The van der Waals surface area contributed by atoms with Gasteiger partial charge in [-0.15, -0.1) is 5.16 Å². The van der Waals surface area contributed by atoms with Crippen molar-refractivity contribution in [2.45, 2.75) is 130 Å². The van der Waals surface area contributed by atoms with Crippen molar-refractivity contribution >= 4 is 28.3 Å². The van der Waals surface area contributed by atoms with E-state index in [9.17, 15) is 4.79 Å². The molecule has 5 nitrogen and oxygen atoms in total. The summed E-state index contributed by atoms with van der Waals surface area (Å²) in [7, 11) is -1.82. The number of methoxy groups -OCH3 is 1. The van der Waals surface area contributed by atoms with E-state index in [-0.39, 0.29) is 5.97 Å². The van der Waals surface area contributed by atoms with Crippen LogP contribution < -0.4 is 0 Å². The molecule has 0 aliphatic heterocycles. The topological polar surface area (TPSA) is 57.1 Å². The predicted octanol–water partition coefficient (Wildman–Crippen LogP) is 8.27. The van der Waals surface area contributed by atoms with E-state index >= 15 is 0 Å². The van der Waals surface area contributed by atoms with Gasteiger partial charge in [0, 0.05) is 18.4 Å². The lowest BCUT2D eigenvalue weighted by atomic mass is 9.44. The molecule has 0 aromatic heterocycles. The molecule has 4 aliphatic rings. The third-order valence-corrected chi connectivity index (χ3v) is 12.9. The maximum absolute atomic E-state index is 11.9. The summed E-state index contributed by atoms with van der Waals surface area (Å²) in [6.45, 7) is 21.3. The largest absolute Gasteiger partial charge is 0.469 e. The molecule has 0 aromatic rings. The van der Waals surface area contributed by atoms with E-state index in [0.29, 0.717) is 58.9 Å². The van der Waals surface area contributed by atoms with Gasteiger partial charge in [-0.1, -0.05) is 20.8 Å². The Bertz CT molecular complexity index is 895. The maximum atomic E-state index is 11.9. The van der Waals surface area contributed by atoms with Crippen LogP contribution >= 0.6 is 0 Å². The third-order valence-electron chi connectivity index (χ3n) is 11.2. The van der Waals surface area contributed by atoms with Crippen molar-refractivity contribution in [2.75, 3.05) is 7.11 Å². The minimum atomic E-state index is -1.76. The minimum Gasteiger partial charge on any atom is -0.469 e. The van der Waals surface area contributed by atoms with Gasteiger partial charge in [-0.2, -0.15) is 0 Å². The van der Waals surface area contributed by atoms with E-state index in [2.05, 4.69) is 60.1 Å². The second kappa shape index (κ2) is 11.0. The molecule has 7 unspecified atom stereocenters. The Hall–Kier alpha value is -0.666. The van der Waals surface area contributed by atoms with Crippen LogP contribution in [-0.4, -0.2) is 41.5 Å². The van der Waals surface area contributed by atoms with E-state index in [1.54, 1.807) is 0 Å². The molecule has 4 aliphatic carbocycles. The molecule has 4 fully saturated rings. The zero-order valence-electron chi connectivity index (χ0n) is 26.2. The van der Waals surface area contributed by atoms with Crippen molar-refractivity contribution in [3.05, 3.63) is 0 Å². The van der Waals surface area contributed by atoms with Crippen LogP contribution in [0.25, 0.3) is 0 Å². The van der Waals surface area contributed by atoms with Crippen LogP contribution in [0.1, 0.15) is 85.0 Å². The van der Waals surface area contributed by atoms with Gasteiger partial charge >= 0.3 is 5.97 Å². The fraction of sp³-hybridized carbons (Fsp3) is 0.935. The molecule has 0 heterocycles. The molecular formula is C31H57NO4Si2. The standard InChI is InChI=1S/C31H57NO4Si2/c1-21(11-14-28(33)34-4)24-12-13-25-29-26(16-18-31(24,25)3)30(2)17-15-23(35-37(5,6)7)19-22(30)20-27(29)32-36-38(8,9)10/h21-26,29H,11-20H2,1-10H3/t21?,22-,23+,24?,25?,26?,29?,30?,31?/m0/s1. The highest BCUT2D eigenvalue weighted by molar-refractivity contribution is 6.70. The number of rotatable bonds is 8. The smallest absolute Gasteiger partial charge is 0.305 e. The quantitative estimate of drug-likeness (QED) is 0.169. The molecule has 0 spiro atoms. The number of esters is 1. The van der Waals surface area contributed by atoms with E-state index in [4.69, 9.17) is 18.8 Å². The summed E-state index contributed by atoms with van der Waals surface area (Å²) in [5.41, 5.74) is 2.07. The fourth-order valence-corrected chi connectivity index (χ4v) is 11.0. The number of oxime groups is 1. The van der Waals surface area contributed by atoms with Crippen LogP contribution in [0.15, 0.2) is 5.16 Å². The Morgan fingerprint density at radius 2 is 1.63 bits per heavy atom.